The molecule has 0 radical (unpaired) electrons. The zero-order valence-corrected chi connectivity index (χ0v) is 39.1. The van der Waals surface area contributed by atoms with E-state index in [0.717, 1.165) is 96.3 Å². The molecule has 0 bridgehead atoms. The molecule has 0 N–H and O–H groups in total. The van der Waals surface area contributed by atoms with Crippen LogP contribution in [0.3, 0.4) is 0 Å². The van der Waals surface area contributed by atoms with Crippen LogP contribution in [0.25, 0.3) is 0 Å². The molecule has 0 aromatic rings. The first-order chi connectivity index (χ1) is 30.0. The van der Waals surface area contributed by atoms with E-state index >= 15 is 0 Å². The van der Waals surface area contributed by atoms with Crippen molar-refractivity contribution in [2.75, 3.05) is 13.2 Å². The molecular formula is C55H88O6. The molecule has 0 aliphatic carbocycles. The van der Waals surface area contributed by atoms with Crippen molar-refractivity contribution in [3.8, 4) is 0 Å². The summed E-state index contributed by atoms with van der Waals surface area (Å²) in [4.78, 5) is 37.9. The first kappa shape index (κ1) is 57.1. The summed E-state index contributed by atoms with van der Waals surface area (Å²) in [6.45, 7) is 6.26. The van der Waals surface area contributed by atoms with Crippen molar-refractivity contribution >= 4 is 17.9 Å². The van der Waals surface area contributed by atoms with Gasteiger partial charge in [0.25, 0.3) is 0 Å². The Bertz CT molecular complexity index is 1290. The maximum atomic E-state index is 12.8. The fourth-order valence-electron chi connectivity index (χ4n) is 6.26. The molecule has 0 aromatic carbocycles. The highest BCUT2D eigenvalue weighted by Gasteiger charge is 2.19. The topological polar surface area (TPSA) is 78.9 Å². The maximum Gasteiger partial charge on any atom is 0.306 e. The quantitative estimate of drug-likeness (QED) is 0.0264. The van der Waals surface area contributed by atoms with Crippen LogP contribution in [0.1, 0.15) is 201 Å². The summed E-state index contributed by atoms with van der Waals surface area (Å²) < 4.78 is 16.7. The molecule has 0 fully saturated rings. The molecule has 6 heteroatoms. The van der Waals surface area contributed by atoms with Crippen LogP contribution in [0.15, 0.2) is 109 Å². The zero-order valence-electron chi connectivity index (χ0n) is 39.1. The van der Waals surface area contributed by atoms with E-state index in [1.54, 1.807) is 0 Å². The van der Waals surface area contributed by atoms with E-state index in [-0.39, 0.29) is 31.1 Å². The fraction of sp³-hybridized carbons (Fsp3) is 0.618. The van der Waals surface area contributed by atoms with Crippen LogP contribution in [0, 0.1) is 0 Å². The smallest absolute Gasteiger partial charge is 0.306 e. The average Bonchev–Trinajstić information content (AvgIpc) is 3.26. The second-order valence-corrected chi connectivity index (χ2v) is 15.8. The van der Waals surface area contributed by atoms with Crippen molar-refractivity contribution in [2.45, 2.75) is 207 Å². The molecule has 0 amide bonds. The van der Waals surface area contributed by atoms with Crippen molar-refractivity contribution in [1.82, 2.24) is 0 Å². The van der Waals surface area contributed by atoms with Gasteiger partial charge < -0.3 is 14.2 Å². The number of ether oxygens (including phenoxy) is 3. The maximum absolute atomic E-state index is 12.8. The van der Waals surface area contributed by atoms with E-state index in [9.17, 15) is 14.4 Å². The molecule has 344 valence electrons. The molecule has 0 spiro atoms. The lowest BCUT2D eigenvalue weighted by Gasteiger charge is -2.18. The van der Waals surface area contributed by atoms with Crippen molar-refractivity contribution in [2.24, 2.45) is 0 Å². The van der Waals surface area contributed by atoms with Gasteiger partial charge in [0, 0.05) is 19.3 Å². The number of esters is 3. The molecule has 1 atom stereocenters. The van der Waals surface area contributed by atoms with Gasteiger partial charge in [-0.25, -0.2) is 0 Å². The van der Waals surface area contributed by atoms with E-state index in [1.165, 1.54) is 64.2 Å². The van der Waals surface area contributed by atoms with Gasteiger partial charge in [0.2, 0.25) is 0 Å². The Balaban J connectivity index is 4.50. The van der Waals surface area contributed by atoms with Crippen LogP contribution in [0.5, 0.6) is 0 Å². The minimum Gasteiger partial charge on any atom is -0.462 e. The molecule has 0 aliphatic heterocycles. The Morgan fingerprint density at radius 2 is 0.639 bits per heavy atom. The molecule has 0 aliphatic rings. The molecule has 0 saturated carbocycles. The van der Waals surface area contributed by atoms with Gasteiger partial charge in [-0.1, -0.05) is 207 Å². The first-order valence-corrected chi connectivity index (χ1v) is 24.5. The van der Waals surface area contributed by atoms with Gasteiger partial charge in [-0.3, -0.25) is 14.4 Å². The Labute approximate surface area is 374 Å². The second kappa shape index (κ2) is 48.7. The predicted octanol–water partition coefficient (Wildman–Crippen LogP) is 16.0. The van der Waals surface area contributed by atoms with Crippen molar-refractivity contribution in [1.29, 1.82) is 0 Å². The molecule has 1 unspecified atom stereocenters. The summed E-state index contributed by atoms with van der Waals surface area (Å²) in [7, 11) is 0. The lowest BCUT2D eigenvalue weighted by Crippen LogP contribution is -2.30. The van der Waals surface area contributed by atoms with E-state index in [2.05, 4.69) is 93.7 Å². The van der Waals surface area contributed by atoms with Gasteiger partial charge in [0.05, 0.1) is 0 Å². The van der Waals surface area contributed by atoms with E-state index in [0.29, 0.717) is 19.3 Å². The third kappa shape index (κ3) is 47.0. The third-order valence-corrected chi connectivity index (χ3v) is 9.93. The van der Waals surface area contributed by atoms with Crippen molar-refractivity contribution in [3.63, 3.8) is 0 Å². The summed E-state index contributed by atoms with van der Waals surface area (Å²) in [5, 5.41) is 0. The van der Waals surface area contributed by atoms with Gasteiger partial charge in [-0.05, 0) is 83.5 Å². The minimum atomic E-state index is -0.806. The van der Waals surface area contributed by atoms with Crippen LogP contribution in [0.4, 0.5) is 0 Å². The van der Waals surface area contributed by atoms with E-state index < -0.39 is 6.10 Å². The van der Waals surface area contributed by atoms with Crippen LogP contribution in [0.2, 0.25) is 0 Å². The van der Waals surface area contributed by atoms with Gasteiger partial charge in [-0.15, -0.1) is 0 Å². The standard InChI is InChI=1S/C55H88O6/c1-4-7-10-13-16-19-22-25-27-30-33-36-39-42-45-48-54(57)60-51-52(50-59-53(56)47-44-41-38-35-32-29-24-21-18-15-12-9-6-3)61-55(58)49-46-43-40-37-34-31-28-26-23-20-17-14-11-8-5-2/h7,9-10,12-13,15-24,26,29,32,52H,4-6,8,11,14,25,27-28,30-31,33-51H2,1-3H3/b10-7-,12-9-,16-13-,18-15-,20-17-,22-19-,24-21-,26-23-,32-29-. The number of allylic oxidation sites excluding steroid dienone is 18. The summed E-state index contributed by atoms with van der Waals surface area (Å²) in [5.41, 5.74) is 0. The van der Waals surface area contributed by atoms with Gasteiger partial charge in [0.15, 0.2) is 6.10 Å². The summed E-state index contributed by atoms with van der Waals surface area (Å²) in [6, 6.07) is 0. The minimum absolute atomic E-state index is 0.105. The molecule has 0 heterocycles. The Kier molecular flexibility index (Phi) is 45.6. The predicted molar refractivity (Wildman–Crippen MR) is 260 cm³/mol. The Morgan fingerprint density at radius 1 is 0.344 bits per heavy atom. The molecule has 0 rings (SSSR count). The lowest BCUT2D eigenvalue weighted by atomic mass is 10.1. The van der Waals surface area contributed by atoms with Crippen LogP contribution in [-0.2, 0) is 28.6 Å². The number of hydrogen-bond acceptors (Lipinski definition) is 6. The van der Waals surface area contributed by atoms with Gasteiger partial charge in [0.1, 0.15) is 13.2 Å². The highest BCUT2D eigenvalue weighted by Crippen LogP contribution is 2.13. The third-order valence-electron chi connectivity index (χ3n) is 9.93. The molecule has 61 heavy (non-hydrogen) atoms. The second-order valence-electron chi connectivity index (χ2n) is 15.8. The van der Waals surface area contributed by atoms with E-state index in [4.69, 9.17) is 14.2 Å². The molecule has 6 nitrogen and oxygen atoms in total. The van der Waals surface area contributed by atoms with Gasteiger partial charge >= 0.3 is 17.9 Å². The van der Waals surface area contributed by atoms with Crippen molar-refractivity contribution in [3.05, 3.63) is 109 Å². The van der Waals surface area contributed by atoms with Crippen LogP contribution >= 0.6 is 0 Å². The highest BCUT2D eigenvalue weighted by molar-refractivity contribution is 5.71. The molecule has 0 saturated heterocycles. The number of unbranched alkanes of at least 4 members (excludes halogenated alkanes) is 19. The zero-order chi connectivity index (χ0) is 44.4. The average molecular weight is 845 g/mol. The number of hydrogen-bond donors (Lipinski definition) is 0. The monoisotopic (exact) mass is 845 g/mol. The lowest BCUT2D eigenvalue weighted by molar-refractivity contribution is -0.167. The number of rotatable bonds is 42. The largest absolute Gasteiger partial charge is 0.462 e. The fourth-order valence-corrected chi connectivity index (χ4v) is 6.26. The van der Waals surface area contributed by atoms with Crippen LogP contribution < -0.4 is 0 Å². The molecular weight excluding hydrogens is 757 g/mol. The Morgan fingerprint density at radius 3 is 1.03 bits per heavy atom. The molecule has 0 aromatic heterocycles. The van der Waals surface area contributed by atoms with Crippen molar-refractivity contribution < 1.29 is 28.6 Å². The highest BCUT2D eigenvalue weighted by atomic mass is 16.6. The summed E-state index contributed by atoms with van der Waals surface area (Å²) in [5.74, 6) is -0.976. The number of carbonyl (C=O) groups is 3. The Hall–Kier alpha value is -3.93. The SMILES string of the molecule is CC\C=C/C=C\C=C/C=C\CCCCCC(=O)OCC(COC(=O)CCCCCCCCC\C=C/C=C\C=C/CC)OC(=O)CCCCCCCC/C=C\C=C/CCCCC. The van der Waals surface area contributed by atoms with Crippen LogP contribution in [-0.4, -0.2) is 37.2 Å². The van der Waals surface area contributed by atoms with E-state index in [1.807, 2.05) is 36.5 Å². The first-order valence-electron chi connectivity index (χ1n) is 24.5. The normalized spacial score (nSPS) is 13.0. The summed E-state index contributed by atoms with van der Waals surface area (Å²) >= 11 is 0. The summed E-state index contributed by atoms with van der Waals surface area (Å²) in [6.07, 6.45) is 64.9. The number of carbonyl (C=O) groups excluding carboxylic acids is 3. The van der Waals surface area contributed by atoms with Gasteiger partial charge in [-0.2, -0.15) is 0 Å².